The third-order valence-electron chi connectivity index (χ3n) is 5.06. The maximum Gasteiger partial charge on any atom is 0.269 e. The molecule has 1 atom stereocenters. The maximum atomic E-state index is 13.0. The van der Waals surface area contributed by atoms with Crippen LogP contribution in [0.15, 0.2) is 65.6 Å². The van der Waals surface area contributed by atoms with Crippen molar-refractivity contribution in [2.24, 2.45) is 0 Å². The van der Waals surface area contributed by atoms with Gasteiger partial charge in [-0.25, -0.2) is 4.98 Å². The van der Waals surface area contributed by atoms with E-state index >= 15 is 0 Å². The molecule has 0 aliphatic carbocycles. The van der Waals surface area contributed by atoms with Crippen molar-refractivity contribution in [1.82, 2.24) is 14.5 Å². The largest absolute Gasteiger partial charge is 0.338 e. The summed E-state index contributed by atoms with van der Waals surface area (Å²) in [6.45, 7) is 0.821. The molecule has 26 heavy (non-hydrogen) atoms. The van der Waals surface area contributed by atoms with E-state index in [-0.39, 0.29) is 24.1 Å². The van der Waals surface area contributed by atoms with Crippen molar-refractivity contribution in [3.63, 3.8) is 0 Å². The fraction of sp³-hybridized carbons (Fsp3) is 0.286. The van der Waals surface area contributed by atoms with E-state index in [1.165, 1.54) is 16.3 Å². The average molecular weight is 347 g/mol. The van der Waals surface area contributed by atoms with Gasteiger partial charge < -0.3 is 4.90 Å². The van der Waals surface area contributed by atoms with Crippen molar-refractivity contribution >= 4 is 16.9 Å². The molecule has 2 heterocycles. The van der Waals surface area contributed by atoms with Crippen LogP contribution in [-0.4, -0.2) is 32.9 Å². The minimum atomic E-state index is -0.240. The summed E-state index contributed by atoms with van der Waals surface area (Å²) in [5.41, 5.74) is 2.42. The smallest absolute Gasteiger partial charge is 0.269 e. The van der Waals surface area contributed by atoms with E-state index < -0.39 is 0 Å². The lowest BCUT2D eigenvalue weighted by atomic mass is 10.0. The standard InChI is InChI=1S/C21H21N3O2/c25-20-14-22-18-10-4-5-11-19(18)24(20)15-21(26)23-12-6-9-17(23)13-16-7-2-1-3-8-16/h1-5,7-8,10-11,14,17H,6,9,12-13,15H2. The number of hydrogen-bond acceptors (Lipinski definition) is 3. The highest BCUT2D eigenvalue weighted by Crippen LogP contribution is 2.22. The quantitative estimate of drug-likeness (QED) is 0.729. The fourth-order valence-electron chi connectivity index (χ4n) is 3.77. The summed E-state index contributed by atoms with van der Waals surface area (Å²) in [6, 6.07) is 17.9. The molecule has 1 fully saturated rings. The van der Waals surface area contributed by atoms with Crippen LogP contribution in [0.3, 0.4) is 0 Å². The van der Waals surface area contributed by atoms with Gasteiger partial charge in [0.1, 0.15) is 6.54 Å². The Morgan fingerprint density at radius 1 is 1.08 bits per heavy atom. The summed E-state index contributed by atoms with van der Waals surface area (Å²) in [6.07, 6.45) is 4.17. The maximum absolute atomic E-state index is 13.0. The molecule has 1 aliphatic rings. The molecule has 1 saturated heterocycles. The summed E-state index contributed by atoms with van der Waals surface area (Å²) in [7, 11) is 0. The molecule has 1 aromatic heterocycles. The van der Waals surface area contributed by atoms with Gasteiger partial charge in [-0.1, -0.05) is 42.5 Å². The second kappa shape index (κ2) is 7.12. The highest BCUT2D eigenvalue weighted by atomic mass is 16.2. The van der Waals surface area contributed by atoms with Crippen molar-refractivity contribution in [3.8, 4) is 0 Å². The summed E-state index contributed by atoms with van der Waals surface area (Å²) in [5.74, 6) is 0.00174. The van der Waals surface area contributed by atoms with Crippen molar-refractivity contribution < 1.29 is 4.79 Å². The first kappa shape index (κ1) is 16.5. The minimum Gasteiger partial charge on any atom is -0.338 e. The van der Waals surface area contributed by atoms with Gasteiger partial charge in [-0.05, 0) is 37.0 Å². The van der Waals surface area contributed by atoms with Crippen LogP contribution < -0.4 is 5.56 Å². The molecular weight excluding hydrogens is 326 g/mol. The Balaban J connectivity index is 1.56. The van der Waals surface area contributed by atoms with Gasteiger partial charge in [0.25, 0.3) is 5.56 Å². The monoisotopic (exact) mass is 347 g/mol. The van der Waals surface area contributed by atoms with Crippen molar-refractivity contribution in [2.45, 2.75) is 31.8 Å². The molecule has 0 N–H and O–H groups in total. The van der Waals surface area contributed by atoms with Crippen LogP contribution in [0.5, 0.6) is 0 Å². The zero-order valence-electron chi connectivity index (χ0n) is 14.5. The molecule has 0 bridgehead atoms. The molecule has 4 rings (SSSR count). The number of amides is 1. The third kappa shape index (κ3) is 3.25. The van der Waals surface area contributed by atoms with Crippen LogP contribution in [0.25, 0.3) is 11.0 Å². The predicted molar refractivity (Wildman–Crippen MR) is 101 cm³/mol. The molecule has 5 heteroatoms. The molecule has 132 valence electrons. The third-order valence-corrected chi connectivity index (χ3v) is 5.06. The topological polar surface area (TPSA) is 55.2 Å². The molecule has 5 nitrogen and oxygen atoms in total. The second-order valence-corrected chi connectivity index (χ2v) is 6.74. The molecule has 2 aromatic carbocycles. The first-order valence-corrected chi connectivity index (χ1v) is 9.00. The fourth-order valence-corrected chi connectivity index (χ4v) is 3.77. The Morgan fingerprint density at radius 2 is 1.85 bits per heavy atom. The van der Waals surface area contributed by atoms with Gasteiger partial charge in [0, 0.05) is 12.6 Å². The van der Waals surface area contributed by atoms with E-state index in [0.717, 1.165) is 31.3 Å². The number of benzene rings is 2. The SMILES string of the molecule is O=C(Cn1c(=O)cnc2ccccc21)N1CCCC1Cc1ccccc1. The minimum absolute atomic E-state index is 0.00174. The van der Waals surface area contributed by atoms with Gasteiger partial charge in [-0.2, -0.15) is 0 Å². The Bertz CT molecular complexity index is 981. The lowest BCUT2D eigenvalue weighted by Gasteiger charge is -2.25. The van der Waals surface area contributed by atoms with Crippen LogP contribution in [0.4, 0.5) is 0 Å². The number of para-hydroxylation sites is 2. The van der Waals surface area contributed by atoms with Crippen LogP contribution in [-0.2, 0) is 17.8 Å². The first-order valence-electron chi connectivity index (χ1n) is 9.00. The molecule has 3 aromatic rings. The van der Waals surface area contributed by atoms with E-state index in [4.69, 9.17) is 0 Å². The number of fused-ring (bicyclic) bond motifs is 1. The number of carbonyl (C=O) groups is 1. The second-order valence-electron chi connectivity index (χ2n) is 6.74. The van der Waals surface area contributed by atoms with Gasteiger partial charge in [-0.15, -0.1) is 0 Å². The number of rotatable bonds is 4. The lowest BCUT2D eigenvalue weighted by molar-refractivity contribution is -0.132. The summed E-state index contributed by atoms with van der Waals surface area (Å²) >= 11 is 0. The molecule has 0 saturated carbocycles. The summed E-state index contributed by atoms with van der Waals surface area (Å²) in [4.78, 5) is 31.3. The van der Waals surface area contributed by atoms with Gasteiger partial charge >= 0.3 is 0 Å². The highest BCUT2D eigenvalue weighted by Gasteiger charge is 2.29. The van der Waals surface area contributed by atoms with Gasteiger partial charge in [0.05, 0.1) is 17.2 Å². The number of nitrogens with zero attached hydrogens (tertiary/aromatic N) is 3. The van der Waals surface area contributed by atoms with E-state index in [1.807, 2.05) is 47.4 Å². The van der Waals surface area contributed by atoms with E-state index in [9.17, 15) is 9.59 Å². The highest BCUT2D eigenvalue weighted by molar-refractivity contribution is 5.80. The summed E-state index contributed by atoms with van der Waals surface area (Å²) in [5, 5.41) is 0. The van der Waals surface area contributed by atoms with E-state index in [2.05, 4.69) is 17.1 Å². The summed E-state index contributed by atoms with van der Waals surface area (Å²) < 4.78 is 1.53. The average Bonchev–Trinajstić information content (AvgIpc) is 3.13. The van der Waals surface area contributed by atoms with Gasteiger partial charge in [0.15, 0.2) is 0 Å². The molecule has 0 radical (unpaired) electrons. The molecular formula is C21H21N3O2. The molecule has 1 unspecified atom stereocenters. The Morgan fingerprint density at radius 3 is 2.69 bits per heavy atom. The van der Waals surface area contributed by atoms with Crippen LogP contribution in [0.2, 0.25) is 0 Å². The van der Waals surface area contributed by atoms with Crippen LogP contribution >= 0.6 is 0 Å². The van der Waals surface area contributed by atoms with Crippen LogP contribution in [0.1, 0.15) is 18.4 Å². The Kier molecular flexibility index (Phi) is 4.52. The Hall–Kier alpha value is -2.95. The van der Waals surface area contributed by atoms with Gasteiger partial charge in [0.2, 0.25) is 5.91 Å². The molecule has 1 aliphatic heterocycles. The number of likely N-dealkylation sites (tertiary alicyclic amines) is 1. The molecule has 0 spiro atoms. The van der Waals surface area contributed by atoms with Crippen molar-refractivity contribution in [1.29, 1.82) is 0 Å². The Labute approximate surface area is 151 Å². The zero-order valence-corrected chi connectivity index (χ0v) is 14.5. The number of carbonyl (C=O) groups excluding carboxylic acids is 1. The predicted octanol–water partition coefficient (Wildman–Crippen LogP) is 2.63. The van der Waals surface area contributed by atoms with E-state index in [1.54, 1.807) is 0 Å². The normalized spacial score (nSPS) is 16.9. The van der Waals surface area contributed by atoms with Crippen molar-refractivity contribution in [3.05, 3.63) is 76.7 Å². The van der Waals surface area contributed by atoms with Crippen LogP contribution in [0, 0.1) is 0 Å². The van der Waals surface area contributed by atoms with Gasteiger partial charge in [-0.3, -0.25) is 14.2 Å². The number of hydrogen-bond donors (Lipinski definition) is 0. The van der Waals surface area contributed by atoms with E-state index in [0.29, 0.717) is 5.52 Å². The number of aromatic nitrogens is 2. The molecule has 1 amide bonds. The zero-order chi connectivity index (χ0) is 17.9. The van der Waals surface area contributed by atoms with Crippen molar-refractivity contribution in [2.75, 3.05) is 6.54 Å². The first-order chi connectivity index (χ1) is 12.7. The lowest BCUT2D eigenvalue weighted by Crippen LogP contribution is -2.40.